The van der Waals surface area contributed by atoms with E-state index in [2.05, 4.69) is 33.6 Å². The molecule has 1 saturated heterocycles. The van der Waals surface area contributed by atoms with Gasteiger partial charge < -0.3 is 9.47 Å². The van der Waals surface area contributed by atoms with Gasteiger partial charge in [0, 0.05) is 43.3 Å². The van der Waals surface area contributed by atoms with Crippen LogP contribution in [-0.4, -0.2) is 27.6 Å². The molecule has 0 bridgehead atoms. The molecule has 20 heavy (non-hydrogen) atoms. The summed E-state index contributed by atoms with van der Waals surface area (Å²) >= 11 is 0. The summed E-state index contributed by atoms with van der Waals surface area (Å²) in [6.07, 6.45) is 5.03. The van der Waals surface area contributed by atoms with Crippen molar-refractivity contribution >= 4 is 27.8 Å². The molecule has 4 heterocycles. The van der Waals surface area contributed by atoms with Crippen molar-refractivity contribution in [3.05, 3.63) is 30.6 Å². The maximum absolute atomic E-state index is 4.80. The maximum Gasteiger partial charge on any atom is 0.143 e. The third kappa shape index (κ3) is 1.83. The zero-order valence-electron chi connectivity index (χ0n) is 12.3. The van der Waals surface area contributed by atoms with E-state index >= 15 is 0 Å². The van der Waals surface area contributed by atoms with E-state index < -0.39 is 0 Å². The molecule has 3 aromatic rings. The highest BCUT2D eigenvalue weighted by molar-refractivity contribution is 6.06. The van der Waals surface area contributed by atoms with Gasteiger partial charge >= 0.3 is 0 Å². The van der Waals surface area contributed by atoms with Crippen LogP contribution in [0.3, 0.4) is 0 Å². The topological polar surface area (TPSA) is 34.0 Å². The van der Waals surface area contributed by atoms with Crippen LogP contribution in [-0.2, 0) is 7.05 Å². The number of aryl methyl sites for hydroxylation is 1. The molecule has 0 atom stereocenters. The highest BCUT2D eigenvalue weighted by atomic mass is 15.2. The Morgan fingerprint density at radius 2 is 1.85 bits per heavy atom. The molecule has 0 saturated carbocycles. The highest BCUT2D eigenvalue weighted by Gasteiger charge is 2.17. The Hall–Kier alpha value is -2.10. The predicted molar refractivity (Wildman–Crippen MR) is 84.2 cm³/mol. The monoisotopic (exact) mass is 268 g/mol. The summed E-state index contributed by atoms with van der Waals surface area (Å²) < 4.78 is 2.15. The van der Waals surface area contributed by atoms with Crippen LogP contribution >= 0.6 is 0 Å². The summed E-state index contributed by atoms with van der Waals surface area (Å²) in [5, 5.41) is 2.36. The summed E-state index contributed by atoms with van der Waals surface area (Å²) in [4.78, 5) is 11.3. The normalized spacial score (nSPS) is 14.1. The lowest BCUT2D eigenvalue weighted by Gasteiger charge is -2.31. The van der Waals surface area contributed by atoms with E-state index in [4.69, 9.17) is 4.98 Å². The van der Waals surface area contributed by atoms with E-state index in [1.165, 1.54) is 22.7 Å². The van der Waals surface area contributed by atoms with Crippen LogP contribution in [0.5, 0.6) is 0 Å². The Labute approximate surface area is 119 Å². The van der Waals surface area contributed by atoms with Crippen LogP contribution in [0.2, 0.25) is 0 Å². The smallest absolute Gasteiger partial charge is 0.143 e. The fraction of sp³-hybridized carbons (Fsp3) is 0.375. The second kappa shape index (κ2) is 5.12. The van der Waals surface area contributed by atoms with Gasteiger partial charge in [-0.25, -0.2) is 4.98 Å². The van der Waals surface area contributed by atoms with Gasteiger partial charge in [-0.05, 0) is 24.6 Å². The van der Waals surface area contributed by atoms with Gasteiger partial charge in [0.05, 0.1) is 5.52 Å². The zero-order valence-corrected chi connectivity index (χ0v) is 12.3. The molecule has 0 spiro atoms. The van der Waals surface area contributed by atoms with Crippen molar-refractivity contribution in [3.8, 4) is 0 Å². The summed E-state index contributed by atoms with van der Waals surface area (Å²) in [5.74, 6) is 1.09. The largest absolute Gasteiger partial charge is 0.356 e. The third-order valence-corrected chi connectivity index (χ3v) is 3.81. The first kappa shape index (κ1) is 12.9. The van der Waals surface area contributed by atoms with Crippen molar-refractivity contribution in [1.29, 1.82) is 0 Å². The lowest BCUT2D eigenvalue weighted by atomic mass is 10.2. The number of aromatic nitrogens is 3. The van der Waals surface area contributed by atoms with Gasteiger partial charge in [0.1, 0.15) is 11.5 Å². The van der Waals surface area contributed by atoms with Gasteiger partial charge in [-0.15, -0.1) is 0 Å². The Bertz CT molecular complexity index is 741. The van der Waals surface area contributed by atoms with Gasteiger partial charge in [0.2, 0.25) is 0 Å². The van der Waals surface area contributed by atoms with Crippen LogP contribution in [0.15, 0.2) is 30.6 Å². The van der Waals surface area contributed by atoms with Crippen LogP contribution < -0.4 is 4.90 Å². The van der Waals surface area contributed by atoms with Crippen molar-refractivity contribution in [2.45, 2.75) is 20.3 Å². The number of rotatable bonds is 1. The molecule has 1 fully saturated rings. The Balaban J connectivity index is 0.000000581. The summed E-state index contributed by atoms with van der Waals surface area (Å²) in [6.45, 7) is 6.26. The zero-order chi connectivity index (χ0) is 14.1. The van der Waals surface area contributed by atoms with Gasteiger partial charge in [0.15, 0.2) is 0 Å². The van der Waals surface area contributed by atoms with Crippen molar-refractivity contribution < 1.29 is 0 Å². The lowest BCUT2D eigenvalue weighted by molar-refractivity contribution is 0.610. The number of anilines is 1. The first-order chi connectivity index (χ1) is 9.84. The average Bonchev–Trinajstić information content (AvgIpc) is 2.73. The van der Waals surface area contributed by atoms with E-state index in [9.17, 15) is 0 Å². The van der Waals surface area contributed by atoms with Gasteiger partial charge in [-0.3, -0.25) is 4.98 Å². The Morgan fingerprint density at radius 1 is 1.05 bits per heavy atom. The minimum Gasteiger partial charge on any atom is -0.356 e. The van der Waals surface area contributed by atoms with Crippen LogP contribution in [0.1, 0.15) is 20.3 Å². The van der Waals surface area contributed by atoms with Crippen molar-refractivity contribution in [1.82, 2.24) is 14.5 Å². The molecule has 0 radical (unpaired) electrons. The highest BCUT2D eigenvalue weighted by Crippen LogP contribution is 2.28. The number of hydrogen-bond acceptors (Lipinski definition) is 3. The van der Waals surface area contributed by atoms with E-state index in [-0.39, 0.29) is 0 Å². The SMILES string of the molecule is CC.Cn1c2ccncc2c2ccc(N3CCC3)nc21. The molecule has 1 aliphatic rings. The molecule has 0 unspecified atom stereocenters. The van der Waals surface area contributed by atoms with E-state index in [0.717, 1.165) is 24.6 Å². The summed E-state index contributed by atoms with van der Waals surface area (Å²) in [7, 11) is 2.07. The quantitative estimate of drug-likeness (QED) is 0.678. The lowest BCUT2D eigenvalue weighted by Crippen LogP contribution is -2.37. The van der Waals surface area contributed by atoms with Crippen LogP contribution in [0.4, 0.5) is 5.82 Å². The molecule has 1 aliphatic heterocycles. The van der Waals surface area contributed by atoms with E-state index in [0.29, 0.717) is 0 Å². The number of fused-ring (bicyclic) bond motifs is 3. The fourth-order valence-corrected chi connectivity index (χ4v) is 2.63. The number of hydrogen-bond donors (Lipinski definition) is 0. The van der Waals surface area contributed by atoms with Crippen molar-refractivity contribution in [3.63, 3.8) is 0 Å². The molecule has 4 rings (SSSR count). The third-order valence-electron chi connectivity index (χ3n) is 3.81. The minimum absolute atomic E-state index is 1.04. The van der Waals surface area contributed by atoms with Gasteiger partial charge in [0.25, 0.3) is 0 Å². The van der Waals surface area contributed by atoms with Crippen molar-refractivity contribution in [2.75, 3.05) is 18.0 Å². The van der Waals surface area contributed by atoms with Crippen LogP contribution in [0, 0.1) is 0 Å². The standard InChI is InChI=1S/C14H14N4.C2H6/c1-17-12-5-6-15-9-11(12)10-3-4-13(16-14(10)17)18-7-2-8-18;1-2/h3-6,9H,2,7-8H2,1H3;1-2H3. The van der Waals surface area contributed by atoms with E-state index in [1.807, 2.05) is 32.3 Å². The van der Waals surface area contributed by atoms with Gasteiger partial charge in [-0.1, -0.05) is 13.8 Å². The predicted octanol–water partition coefficient (Wildman–Crippen LogP) is 3.36. The second-order valence-electron chi connectivity index (χ2n) is 4.83. The molecule has 0 aliphatic carbocycles. The molecular formula is C16H20N4. The minimum atomic E-state index is 1.04. The first-order valence-corrected chi connectivity index (χ1v) is 7.29. The van der Waals surface area contributed by atoms with E-state index in [1.54, 1.807) is 0 Å². The van der Waals surface area contributed by atoms with Crippen LogP contribution in [0.25, 0.3) is 21.9 Å². The number of nitrogens with zero attached hydrogens (tertiary/aromatic N) is 4. The molecule has 0 amide bonds. The Kier molecular flexibility index (Phi) is 3.30. The summed E-state index contributed by atoms with van der Waals surface area (Å²) in [6, 6.07) is 6.33. The van der Waals surface area contributed by atoms with Gasteiger partial charge in [-0.2, -0.15) is 0 Å². The number of pyridine rings is 2. The maximum atomic E-state index is 4.80. The molecule has 4 heteroatoms. The molecule has 3 aromatic heterocycles. The Morgan fingerprint density at radius 3 is 2.55 bits per heavy atom. The molecule has 0 aromatic carbocycles. The molecule has 4 nitrogen and oxygen atoms in total. The second-order valence-corrected chi connectivity index (χ2v) is 4.83. The molecule has 104 valence electrons. The molecular weight excluding hydrogens is 248 g/mol. The first-order valence-electron chi connectivity index (χ1n) is 7.29. The summed E-state index contributed by atoms with van der Waals surface area (Å²) in [5.41, 5.74) is 2.23. The van der Waals surface area contributed by atoms with Crippen molar-refractivity contribution in [2.24, 2.45) is 7.05 Å². The fourth-order valence-electron chi connectivity index (χ4n) is 2.63. The molecule has 0 N–H and O–H groups in total. The average molecular weight is 268 g/mol.